The molecule has 0 unspecified atom stereocenters. The first-order valence-corrected chi connectivity index (χ1v) is 7.35. The number of carbonyl (C=O) groups excluding carboxylic acids is 2. The smallest absolute Gasteiger partial charge is 0.265 e. The van der Waals surface area contributed by atoms with Crippen LogP contribution in [-0.2, 0) is 9.59 Å². The molecule has 0 bridgehead atoms. The van der Waals surface area contributed by atoms with Crippen molar-refractivity contribution in [3.63, 3.8) is 0 Å². The largest absolute Gasteiger partial charge is 0.493 e. The minimum absolute atomic E-state index is 0.0102. The number of nitrogens with one attached hydrogen (secondary N) is 1. The Morgan fingerprint density at radius 1 is 1.23 bits per heavy atom. The number of likely N-dealkylation sites (N-methyl/N-ethyl adjacent to an activating group) is 1. The fourth-order valence-corrected chi connectivity index (χ4v) is 2.49. The van der Waals surface area contributed by atoms with Crippen LogP contribution in [0.3, 0.4) is 0 Å². The zero-order valence-electron chi connectivity index (χ0n) is 12.1. The monoisotopic (exact) mass is 384 g/mol. The molecule has 6 nitrogen and oxygen atoms in total. The third kappa shape index (κ3) is 2.97. The van der Waals surface area contributed by atoms with Gasteiger partial charge in [0.1, 0.15) is 5.57 Å². The van der Waals surface area contributed by atoms with Gasteiger partial charge in [-0.3, -0.25) is 19.8 Å². The van der Waals surface area contributed by atoms with Crippen molar-refractivity contribution in [2.24, 2.45) is 0 Å². The number of hydrogen-bond acceptors (Lipinski definition) is 5. The quantitative estimate of drug-likeness (QED) is 0.488. The number of thiocarbonyl (C=S) groups is 1. The van der Waals surface area contributed by atoms with Crippen LogP contribution in [-0.4, -0.2) is 43.1 Å². The molecule has 2 amide bonds. The second kappa shape index (κ2) is 6.45. The summed E-state index contributed by atoms with van der Waals surface area (Å²) < 4.78 is 11.1. The average Bonchev–Trinajstić information content (AvgIpc) is 2.50. The molecule has 1 heterocycles. The summed E-state index contributed by atoms with van der Waals surface area (Å²) in [5, 5.41) is 2.54. The average molecular weight is 385 g/mol. The van der Waals surface area contributed by atoms with Crippen LogP contribution in [0.25, 0.3) is 6.08 Å². The van der Waals surface area contributed by atoms with E-state index in [1.165, 1.54) is 32.2 Å². The lowest BCUT2D eigenvalue weighted by Crippen LogP contribution is -2.52. The number of benzene rings is 1. The number of nitrogens with zero attached hydrogens (tertiary/aromatic N) is 1. The Kier molecular flexibility index (Phi) is 4.82. The molecule has 1 fully saturated rings. The molecular formula is C14H13BrN2O4S. The summed E-state index contributed by atoms with van der Waals surface area (Å²) in [5.74, 6) is 0.0320. The molecule has 0 aromatic heterocycles. The van der Waals surface area contributed by atoms with Gasteiger partial charge in [0.25, 0.3) is 11.8 Å². The van der Waals surface area contributed by atoms with Crippen molar-refractivity contribution in [3.8, 4) is 11.5 Å². The maximum absolute atomic E-state index is 12.2. The Bertz CT molecular complexity index is 702. The Morgan fingerprint density at radius 2 is 1.82 bits per heavy atom. The van der Waals surface area contributed by atoms with E-state index in [0.717, 1.165) is 0 Å². The fraction of sp³-hybridized carbons (Fsp3) is 0.214. The van der Waals surface area contributed by atoms with Crippen molar-refractivity contribution in [3.05, 3.63) is 27.7 Å². The van der Waals surface area contributed by atoms with Crippen LogP contribution in [0.2, 0.25) is 0 Å². The van der Waals surface area contributed by atoms with E-state index in [2.05, 4.69) is 21.2 Å². The number of methoxy groups -OCH3 is 2. The molecule has 1 N–H and O–H groups in total. The van der Waals surface area contributed by atoms with Gasteiger partial charge >= 0.3 is 0 Å². The molecule has 0 radical (unpaired) electrons. The number of hydrogen-bond donors (Lipinski definition) is 1. The highest BCUT2D eigenvalue weighted by atomic mass is 79.9. The van der Waals surface area contributed by atoms with Gasteiger partial charge in [-0.05, 0) is 36.0 Å². The number of carbonyl (C=O) groups is 2. The molecule has 1 aliphatic rings. The van der Waals surface area contributed by atoms with E-state index in [9.17, 15) is 9.59 Å². The molecular weight excluding hydrogens is 372 g/mol. The van der Waals surface area contributed by atoms with Crippen LogP contribution in [0.4, 0.5) is 0 Å². The topological polar surface area (TPSA) is 67.9 Å². The lowest BCUT2D eigenvalue weighted by Gasteiger charge is -2.25. The van der Waals surface area contributed by atoms with Crippen molar-refractivity contribution in [1.29, 1.82) is 0 Å². The van der Waals surface area contributed by atoms with Gasteiger partial charge in [-0.1, -0.05) is 15.9 Å². The highest BCUT2D eigenvalue weighted by Gasteiger charge is 2.31. The molecule has 0 aliphatic carbocycles. The first-order chi connectivity index (χ1) is 10.4. The summed E-state index contributed by atoms with van der Waals surface area (Å²) in [7, 11) is 4.53. The normalized spacial score (nSPS) is 16.8. The second-order valence-electron chi connectivity index (χ2n) is 4.41. The van der Waals surface area contributed by atoms with Crippen LogP contribution < -0.4 is 14.8 Å². The van der Waals surface area contributed by atoms with Crippen LogP contribution in [0.15, 0.2) is 22.2 Å². The molecule has 8 heteroatoms. The van der Waals surface area contributed by atoms with Crippen LogP contribution >= 0.6 is 28.1 Å². The van der Waals surface area contributed by atoms with E-state index in [0.29, 0.717) is 21.5 Å². The van der Waals surface area contributed by atoms with Gasteiger partial charge < -0.3 is 9.47 Å². The highest BCUT2D eigenvalue weighted by molar-refractivity contribution is 9.10. The van der Waals surface area contributed by atoms with Gasteiger partial charge in [-0.15, -0.1) is 0 Å². The SMILES string of the molecule is COc1cc(Br)c(/C=C2\C(=O)NC(=S)N(C)C2=O)cc1OC. The summed E-state index contributed by atoms with van der Waals surface area (Å²) in [6.45, 7) is 0. The van der Waals surface area contributed by atoms with E-state index in [4.69, 9.17) is 21.7 Å². The van der Waals surface area contributed by atoms with Gasteiger partial charge in [-0.2, -0.15) is 0 Å². The van der Waals surface area contributed by atoms with E-state index in [1.807, 2.05) is 0 Å². The molecule has 2 rings (SSSR count). The Hall–Kier alpha value is -1.93. The summed E-state index contributed by atoms with van der Waals surface area (Å²) in [6.07, 6.45) is 1.47. The number of halogens is 1. The van der Waals surface area contributed by atoms with Crippen LogP contribution in [0, 0.1) is 0 Å². The lowest BCUT2D eigenvalue weighted by atomic mass is 10.1. The number of ether oxygens (including phenoxy) is 2. The van der Waals surface area contributed by atoms with Gasteiger partial charge in [0.05, 0.1) is 14.2 Å². The third-order valence-electron chi connectivity index (χ3n) is 3.11. The third-order valence-corrected chi connectivity index (χ3v) is 4.17. The summed E-state index contributed by atoms with van der Waals surface area (Å²) in [4.78, 5) is 25.4. The standard InChI is InChI=1S/C14H13BrN2O4S/c1-17-13(19)8(12(18)16-14(17)22)4-7-5-10(20-2)11(21-3)6-9(7)15/h4-6H,1-3H3,(H,16,18,22)/b8-4+. The molecule has 0 saturated carbocycles. The van der Waals surface area contributed by atoms with Gasteiger partial charge in [0.2, 0.25) is 0 Å². The van der Waals surface area contributed by atoms with E-state index in [-0.39, 0.29) is 10.7 Å². The van der Waals surface area contributed by atoms with Crippen LogP contribution in [0.5, 0.6) is 11.5 Å². The molecule has 1 aromatic rings. The van der Waals surface area contributed by atoms with Crippen molar-refractivity contribution in [2.75, 3.05) is 21.3 Å². The zero-order valence-corrected chi connectivity index (χ0v) is 14.5. The van der Waals surface area contributed by atoms with E-state index < -0.39 is 11.8 Å². The molecule has 0 atom stereocenters. The minimum atomic E-state index is -0.533. The van der Waals surface area contributed by atoms with E-state index >= 15 is 0 Å². The number of amides is 2. The van der Waals surface area contributed by atoms with Crippen molar-refractivity contribution >= 4 is 51.2 Å². The predicted molar refractivity (Wildman–Crippen MR) is 88.7 cm³/mol. The van der Waals surface area contributed by atoms with Crippen molar-refractivity contribution in [2.45, 2.75) is 0 Å². The molecule has 22 heavy (non-hydrogen) atoms. The van der Waals surface area contributed by atoms with E-state index in [1.54, 1.807) is 12.1 Å². The van der Waals surface area contributed by atoms with Gasteiger partial charge in [0, 0.05) is 11.5 Å². The van der Waals surface area contributed by atoms with Crippen LogP contribution in [0.1, 0.15) is 5.56 Å². The number of rotatable bonds is 3. The first kappa shape index (κ1) is 16.4. The summed E-state index contributed by atoms with van der Waals surface area (Å²) in [5.41, 5.74) is 0.599. The Balaban J connectivity index is 2.50. The maximum atomic E-state index is 12.2. The van der Waals surface area contributed by atoms with Crippen molar-refractivity contribution < 1.29 is 19.1 Å². The predicted octanol–water partition coefficient (Wildman–Crippen LogP) is 1.72. The minimum Gasteiger partial charge on any atom is -0.493 e. The molecule has 116 valence electrons. The fourth-order valence-electron chi connectivity index (χ4n) is 1.88. The zero-order chi connectivity index (χ0) is 16.4. The molecule has 0 spiro atoms. The maximum Gasteiger partial charge on any atom is 0.265 e. The molecule has 1 aliphatic heterocycles. The Labute approximate surface area is 141 Å². The second-order valence-corrected chi connectivity index (χ2v) is 5.65. The summed E-state index contributed by atoms with van der Waals surface area (Å²) >= 11 is 8.28. The van der Waals surface area contributed by atoms with Gasteiger partial charge in [0.15, 0.2) is 16.6 Å². The first-order valence-electron chi connectivity index (χ1n) is 6.15. The van der Waals surface area contributed by atoms with Gasteiger partial charge in [-0.25, -0.2) is 0 Å². The highest BCUT2D eigenvalue weighted by Crippen LogP contribution is 2.34. The van der Waals surface area contributed by atoms with Crippen molar-refractivity contribution in [1.82, 2.24) is 10.2 Å². The molecule has 1 aromatic carbocycles. The lowest BCUT2D eigenvalue weighted by molar-refractivity contribution is -0.128. The Morgan fingerprint density at radius 3 is 2.41 bits per heavy atom. The summed E-state index contributed by atoms with van der Waals surface area (Å²) in [6, 6.07) is 3.37. The molecule has 1 saturated heterocycles.